The topological polar surface area (TPSA) is 170 Å². The predicted molar refractivity (Wildman–Crippen MR) is 145 cm³/mol. The van der Waals surface area contributed by atoms with E-state index in [0.717, 1.165) is 30.5 Å². The zero-order valence-corrected chi connectivity index (χ0v) is 23.6. The van der Waals surface area contributed by atoms with Crippen molar-refractivity contribution < 1.29 is 34.2 Å². The van der Waals surface area contributed by atoms with E-state index >= 15 is 0 Å². The monoisotopic (exact) mass is 554 g/mol. The lowest BCUT2D eigenvalue weighted by molar-refractivity contribution is -0.181. The van der Waals surface area contributed by atoms with Gasteiger partial charge >= 0.3 is 0 Å². The van der Waals surface area contributed by atoms with Crippen molar-refractivity contribution in [3.63, 3.8) is 0 Å². The summed E-state index contributed by atoms with van der Waals surface area (Å²) in [6.07, 6.45) is 3.52. The molecule has 1 aromatic rings. The van der Waals surface area contributed by atoms with Gasteiger partial charge in [-0.3, -0.25) is 28.9 Å². The number of aromatic hydroxyl groups is 1. The molecule has 216 valence electrons. The molecule has 3 saturated carbocycles. The summed E-state index contributed by atoms with van der Waals surface area (Å²) >= 11 is 0. The molecule has 3 fully saturated rings. The number of likely N-dealkylation sites (N-methyl/N-ethyl adjacent to an activating group) is 1. The van der Waals surface area contributed by atoms with Crippen LogP contribution in [0.25, 0.3) is 0 Å². The van der Waals surface area contributed by atoms with Crippen LogP contribution in [0.5, 0.6) is 5.75 Å². The molecular weight excluding hydrogens is 516 g/mol. The van der Waals surface area contributed by atoms with E-state index < -0.39 is 64.4 Å². The Hall–Kier alpha value is -3.15. The first kappa shape index (κ1) is 28.4. The lowest BCUT2D eigenvalue weighted by atomic mass is 9.52. The number of aliphatic hydroxyl groups is 1. The van der Waals surface area contributed by atoms with Gasteiger partial charge < -0.3 is 26.2 Å². The fourth-order valence-electron chi connectivity index (χ4n) is 7.61. The van der Waals surface area contributed by atoms with Crippen molar-refractivity contribution in [3.05, 3.63) is 22.8 Å². The number of carbonyl (C=O) groups excluding carboxylic acids is 5. The number of anilines is 1. The van der Waals surface area contributed by atoms with Crippen LogP contribution in [0.15, 0.2) is 6.07 Å². The summed E-state index contributed by atoms with van der Waals surface area (Å²) in [6.45, 7) is 2.64. The average molecular weight is 555 g/mol. The highest BCUT2D eigenvalue weighted by atomic mass is 16.3. The first-order valence-corrected chi connectivity index (χ1v) is 13.8. The zero-order valence-electron chi connectivity index (χ0n) is 23.6. The van der Waals surface area contributed by atoms with Crippen molar-refractivity contribution in [1.82, 2.24) is 10.2 Å². The van der Waals surface area contributed by atoms with Gasteiger partial charge in [-0.05, 0) is 76.2 Å². The molecule has 5 rings (SSSR count). The van der Waals surface area contributed by atoms with Gasteiger partial charge in [0, 0.05) is 37.8 Å². The van der Waals surface area contributed by atoms with Gasteiger partial charge in [-0.1, -0.05) is 0 Å². The average Bonchev–Trinajstić information content (AvgIpc) is 2.82. The number of carbonyl (C=O) groups is 5. The quantitative estimate of drug-likeness (QED) is 0.350. The highest BCUT2D eigenvalue weighted by Crippen LogP contribution is 2.52. The smallest absolute Gasteiger partial charge is 0.235 e. The summed E-state index contributed by atoms with van der Waals surface area (Å²) in [5.74, 6) is -10.4. The van der Waals surface area contributed by atoms with E-state index in [1.54, 1.807) is 20.2 Å². The third-order valence-electron chi connectivity index (χ3n) is 9.72. The summed E-state index contributed by atoms with van der Waals surface area (Å²) in [5, 5.41) is 26.4. The minimum absolute atomic E-state index is 0.00824. The maximum Gasteiger partial charge on any atom is 0.235 e. The number of fused-ring (bicyclic) bond motifs is 3. The van der Waals surface area contributed by atoms with Crippen molar-refractivity contribution in [1.29, 1.82) is 0 Å². The maximum atomic E-state index is 14.0. The molecule has 11 nitrogen and oxygen atoms in total. The number of nitrogens with one attached hydrogen (secondary N) is 1. The Bertz CT molecular complexity index is 1330. The van der Waals surface area contributed by atoms with Gasteiger partial charge in [-0.15, -0.1) is 0 Å². The number of primary amides is 1. The minimum atomic E-state index is -2.72. The first-order valence-electron chi connectivity index (χ1n) is 13.8. The van der Waals surface area contributed by atoms with Crippen LogP contribution in [0.2, 0.25) is 0 Å². The van der Waals surface area contributed by atoms with Gasteiger partial charge in [0.1, 0.15) is 5.75 Å². The maximum absolute atomic E-state index is 14.0. The summed E-state index contributed by atoms with van der Waals surface area (Å²) in [7, 11) is 6.84. The second kappa shape index (κ2) is 9.46. The molecule has 0 spiro atoms. The third kappa shape index (κ3) is 3.93. The number of rotatable bonds is 6. The number of nitrogens with zero attached hydrogens (tertiary/aromatic N) is 2. The number of hydrogen-bond acceptors (Lipinski definition) is 10. The molecule has 5 N–H and O–H groups in total. The van der Waals surface area contributed by atoms with E-state index in [-0.39, 0.29) is 29.7 Å². The molecule has 0 saturated heterocycles. The molecule has 4 aliphatic carbocycles. The number of benzene rings is 1. The molecule has 1 amide bonds. The summed E-state index contributed by atoms with van der Waals surface area (Å²) < 4.78 is 0. The van der Waals surface area contributed by atoms with Crippen LogP contribution in [0, 0.1) is 23.7 Å². The molecule has 0 heterocycles. The van der Waals surface area contributed by atoms with E-state index in [4.69, 9.17) is 5.73 Å². The Kier molecular flexibility index (Phi) is 6.71. The Morgan fingerprint density at radius 2 is 1.77 bits per heavy atom. The molecule has 0 radical (unpaired) electrons. The van der Waals surface area contributed by atoms with E-state index in [9.17, 15) is 34.2 Å². The minimum Gasteiger partial charge on any atom is -0.507 e. The Morgan fingerprint density at radius 3 is 2.30 bits per heavy atom. The molecule has 1 aromatic carbocycles. The van der Waals surface area contributed by atoms with Gasteiger partial charge in [0.15, 0.2) is 34.7 Å². The van der Waals surface area contributed by atoms with Crippen molar-refractivity contribution in [2.45, 2.75) is 62.8 Å². The standard InChI is InChI=1S/C29H38N4O7/c1-28(7-6-8-28)31-12-14-11-17(34)19-15(21(14)32(2)3)9-13-10-16-22(33(4)5)24(36)20(27(30)39)26(38)29(16,40)25(37)18(13)23(19)35/h11,13,16,18,20,22,31,34,40H,6-10,12H2,1-5H3,(H2,30,39)/t13-,16-,18?,20?,22-,29-/m0/s1. The highest BCUT2D eigenvalue weighted by molar-refractivity contribution is 6.32. The van der Waals surface area contributed by atoms with Gasteiger partial charge in [0.2, 0.25) is 5.91 Å². The molecule has 2 unspecified atom stereocenters. The summed E-state index contributed by atoms with van der Waals surface area (Å²) in [4.78, 5) is 70.1. The van der Waals surface area contributed by atoms with Gasteiger partial charge in [-0.25, -0.2) is 0 Å². The Labute approximate surface area is 233 Å². The van der Waals surface area contributed by atoms with Gasteiger partial charge in [0.25, 0.3) is 0 Å². The lowest BCUT2D eigenvalue weighted by Crippen LogP contribution is -2.74. The molecule has 0 aliphatic heterocycles. The van der Waals surface area contributed by atoms with Crippen LogP contribution in [-0.4, -0.2) is 89.5 Å². The number of phenolic OH excluding ortho intramolecular Hbond substituents is 1. The van der Waals surface area contributed by atoms with Crippen LogP contribution >= 0.6 is 0 Å². The van der Waals surface area contributed by atoms with Crippen LogP contribution in [-0.2, 0) is 32.1 Å². The second-order valence-electron chi connectivity index (χ2n) is 12.7. The number of nitrogens with two attached hydrogens (primary N) is 1. The summed E-state index contributed by atoms with van der Waals surface area (Å²) in [6, 6.07) is 0.420. The molecule has 40 heavy (non-hydrogen) atoms. The molecule has 11 heteroatoms. The first-order chi connectivity index (χ1) is 18.6. The van der Waals surface area contributed by atoms with Crippen molar-refractivity contribution >= 4 is 34.7 Å². The number of Topliss-reactive ketones (excluding diaryl/α,β-unsaturated/α-hetero) is 4. The number of amides is 1. The van der Waals surface area contributed by atoms with Crippen LogP contribution in [0.3, 0.4) is 0 Å². The van der Waals surface area contributed by atoms with Crippen LogP contribution in [0.4, 0.5) is 5.69 Å². The molecule has 0 bridgehead atoms. The molecule has 4 aliphatic rings. The summed E-state index contributed by atoms with van der Waals surface area (Å²) in [5.41, 5.74) is 4.87. The number of hydrogen-bond donors (Lipinski definition) is 4. The largest absolute Gasteiger partial charge is 0.507 e. The van der Waals surface area contributed by atoms with E-state index in [0.29, 0.717) is 12.1 Å². The number of ketones is 4. The van der Waals surface area contributed by atoms with E-state index in [1.165, 1.54) is 4.90 Å². The SMILES string of the molecule is CN(C)c1c(CNC2(C)CCC2)cc(O)c2c1C[C@H]1C[C@H]3[C@H](N(C)C)C(=O)C(C(N)=O)C(=O)[C@@]3(O)C(=O)C1C2=O. The van der Waals surface area contributed by atoms with Crippen molar-refractivity contribution in [2.24, 2.45) is 29.4 Å². The van der Waals surface area contributed by atoms with Gasteiger partial charge in [0.05, 0.1) is 17.5 Å². The second-order valence-corrected chi connectivity index (χ2v) is 12.7. The Morgan fingerprint density at radius 1 is 1.12 bits per heavy atom. The molecular formula is C29H38N4O7. The van der Waals surface area contributed by atoms with Crippen molar-refractivity contribution in [3.8, 4) is 5.75 Å². The van der Waals surface area contributed by atoms with Crippen molar-refractivity contribution in [2.75, 3.05) is 33.1 Å². The fourth-order valence-corrected chi connectivity index (χ4v) is 7.61. The van der Waals surface area contributed by atoms with E-state index in [1.807, 2.05) is 19.0 Å². The van der Waals surface area contributed by atoms with E-state index in [2.05, 4.69) is 12.2 Å². The fraction of sp³-hybridized carbons (Fsp3) is 0.621. The third-order valence-corrected chi connectivity index (χ3v) is 9.72. The zero-order chi connectivity index (χ0) is 29.5. The highest BCUT2D eigenvalue weighted by Gasteiger charge is 2.69. The van der Waals surface area contributed by atoms with Crippen LogP contribution in [0.1, 0.15) is 54.1 Å². The van der Waals surface area contributed by atoms with Crippen LogP contribution < -0.4 is 16.0 Å². The normalized spacial score (nSPS) is 32.7. The lowest BCUT2D eigenvalue weighted by Gasteiger charge is -2.52. The molecule has 0 aromatic heterocycles. The predicted octanol–water partition coefficient (Wildman–Crippen LogP) is -0.0348. The van der Waals surface area contributed by atoms with Gasteiger partial charge in [-0.2, -0.15) is 0 Å². The Balaban J connectivity index is 1.60. The molecule has 6 atom stereocenters. The number of phenols is 1.